The van der Waals surface area contributed by atoms with Crippen molar-refractivity contribution >= 4 is 21.5 Å². The third kappa shape index (κ3) is 2.32. The van der Waals surface area contributed by atoms with E-state index in [4.69, 9.17) is 7.73 Å². The third-order valence-corrected chi connectivity index (χ3v) is 5.68. The van der Waals surface area contributed by atoms with Gasteiger partial charge in [0.15, 0.2) is 0 Å². The van der Waals surface area contributed by atoms with Crippen LogP contribution in [0.3, 0.4) is 0 Å². The minimum Gasteiger partial charge on any atom is -0.264 e. The first-order valence-electron chi connectivity index (χ1n) is 10.5. The van der Waals surface area contributed by atoms with Crippen molar-refractivity contribution in [2.75, 3.05) is 0 Å². The number of benzene rings is 2. The highest BCUT2D eigenvalue weighted by Crippen LogP contribution is 2.49. The number of nitrogens with zero attached hydrogens (tertiary/aromatic N) is 2. The van der Waals surface area contributed by atoms with Crippen molar-refractivity contribution in [2.45, 2.75) is 39.5 Å². The summed E-state index contributed by atoms with van der Waals surface area (Å²) in [5.41, 5.74) is 4.92. The van der Waals surface area contributed by atoms with Crippen molar-refractivity contribution < 1.29 is 2.74 Å². The molecule has 0 unspecified atom stereocenters. The Morgan fingerprint density at radius 3 is 2.70 bits per heavy atom. The van der Waals surface area contributed by atoms with Gasteiger partial charge in [0.05, 0.1) is 5.69 Å². The summed E-state index contributed by atoms with van der Waals surface area (Å²) in [5, 5.41) is 4.47. The Morgan fingerprint density at radius 1 is 1.04 bits per heavy atom. The zero-order valence-corrected chi connectivity index (χ0v) is 16.2. The molecule has 27 heavy (non-hydrogen) atoms. The highest BCUT2D eigenvalue weighted by atomic mass is 14.7. The summed E-state index contributed by atoms with van der Waals surface area (Å²) in [7, 11) is 0. The molecule has 0 aliphatic heterocycles. The van der Waals surface area contributed by atoms with E-state index in [0.29, 0.717) is 0 Å². The first-order valence-corrected chi connectivity index (χ1v) is 9.54. The van der Waals surface area contributed by atoms with E-state index in [1.165, 1.54) is 10.9 Å². The van der Waals surface area contributed by atoms with Crippen LogP contribution in [0.5, 0.6) is 0 Å². The number of hydrogen-bond donors (Lipinski definition) is 0. The largest absolute Gasteiger partial charge is 0.264 e. The van der Waals surface area contributed by atoms with Crippen molar-refractivity contribution in [3.8, 4) is 11.3 Å². The molecular weight excluding hydrogens is 328 g/mol. The summed E-state index contributed by atoms with van der Waals surface area (Å²) in [6.07, 6.45) is 4.43. The van der Waals surface area contributed by atoms with E-state index in [1.807, 2.05) is 50.6 Å². The maximum Gasteiger partial charge on any atom is 0.0755 e. The highest BCUT2D eigenvalue weighted by Gasteiger charge is 2.36. The Balaban J connectivity index is 1.91. The second-order valence-corrected chi connectivity index (χ2v) is 8.30. The molecule has 1 aliphatic rings. The molecule has 0 saturated carbocycles. The Kier molecular flexibility index (Phi) is 2.99. The second kappa shape index (κ2) is 5.63. The van der Waals surface area contributed by atoms with Gasteiger partial charge in [0.25, 0.3) is 0 Å². The Labute approximate surface area is 163 Å². The van der Waals surface area contributed by atoms with Gasteiger partial charge in [-0.05, 0) is 39.8 Å². The summed E-state index contributed by atoms with van der Waals surface area (Å²) >= 11 is 0. The summed E-state index contributed by atoms with van der Waals surface area (Å²) in [4.78, 5) is 9.39. The minimum absolute atomic E-state index is 0.107. The van der Waals surface area contributed by atoms with Crippen LogP contribution < -0.4 is 0 Å². The van der Waals surface area contributed by atoms with Crippen LogP contribution in [0.25, 0.3) is 32.8 Å². The molecule has 0 fully saturated rings. The van der Waals surface area contributed by atoms with Crippen LogP contribution in [-0.2, 0) is 11.8 Å². The molecule has 2 heteroatoms. The van der Waals surface area contributed by atoms with Gasteiger partial charge < -0.3 is 0 Å². The van der Waals surface area contributed by atoms with E-state index in [2.05, 4.69) is 37.0 Å². The van der Waals surface area contributed by atoms with Gasteiger partial charge in [0, 0.05) is 43.1 Å². The van der Waals surface area contributed by atoms with Crippen molar-refractivity contribution in [2.24, 2.45) is 5.92 Å². The molecule has 2 aromatic heterocycles. The van der Waals surface area contributed by atoms with E-state index in [9.17, 15) is 0 Å². The minimum atomic E-state index is -1.39. The first kappa shape index (κ1) is 14.3. The van der Waals surface area contributed by atoms with Gasteiger partial charge >= 0.3 is 0 Å². The average molecular weight is 354 g/mol. The maximum absolute atomic E-state index is 8.59. The zero-order valence-electron chi connectivity index (χ0n) is 18.2. The predicted molar refractivity (Wildman–Crippen MR) is 113 cm³/mol. The van der Waals surface area contributed by atoms with E-state index in [-0.39, 0.29) is 11.3 Å². The van der Waals surface area contributed by atoms with Crippen LogP contribution in [0.2, 0.25) is 0 Å². The highest BCUT2D eigenvalue weighted by molar-refractivity contribution is 6.05. The van der Waals surface area contributed by atoms with Crippen LogP contribution in [0.4, 0.5) is 0 Å². The van der Waals surface area contributed by atoms with Gasteiger partial charge in [-0.15, -0.1) is 0 Å². The SMILES string of the molecule is [2H]C([2H])(c1ccc2cnc3c(c2c1)C(C)(C)c1cncc2cccc-3c12)C(C)C. The fourth-order valence-electron chi connectivity index (χ4n) is 4.51. The van der Waals surface area contributed by atoms with E-state index in [0.717, 1.165) is 38.5 Å². The van der Waals surface area contributed by atoms with E-state index < -0.39 is 6.37 Å². The topological polar surface area (TPSA) is 25.8 Å². The summed E-state index contributed by atoms with van der Waals surface area (Å²) in [5.74, 6) is -0.107. The molecule has 0 radical (unpaired) electrons. The molecule has 2 heterocycles. The molecule has 0 saturated heterocycles. The lowest BCUT2D eigenvalue weighted by Gasteiger charge is -2.35. The molecule has 5 rings (SSSR count). The van der Waals surface area contributed by atoms with Gasteiger partial charge in [-0.1, -0.05) is 64.1 Å². The lowest BCUT2D eigenvalue weighted by atomic mass is 9.69. The van der Waals surface area contributed by atoms with Crippen LogP contribution in [0.1, 0.15) is 47.1 Å². The molecule has 4 aromatic rings. The molecule has 0 atom stereocenters. The number of fused-ring (bicyclic) bond motifs is 4. The summed E-state index contributed by atoms with van der Waals surface area (Å²) in [6, 6.07) is 12.3. The van der Waals surface area contributed by atoms with Crippen molar-refractivity contribution in [1.29, 1.82) is 0 Å². The molecule has 0 N–H and O–H groups in total. The molecule has 2 nitrogen and oxygen atoms in total. The quantitative estimate of drug-likeness (QED) is 0.423. The summed E-state index contributed by atoms with van der Waals surface area (Å²) in [6.45, 7) is 8.31. The smallest absolute Gasteiger partial charge is 0.0755 e. The monoisotopic (exact) mass is 354 g/mol. The first-order chi connectivity index (χ1) is 13.7. The van der Waals surface area contributed by atoms with Gasteiger partial charge in [-0.2, -0.15) is 0 Å². The zero-order chi connectivity index (χ0) is 20.6. The number of hydrogen-bond acceptors (Lipinski definition) is 2. The van der Waals surface area contributed by atoms with Crippen LogP contribution >= 0.6 is 0 Å². The van der Waals surface area contributed by atoms with Crippen LogP contribution in [0, 0.1) is 5.92 Å². The standard InChI is InChI=1S/C25H24N2/c1-15(2)10-16-8-9-17-13-27-24-19-7-5-6-18-12-26-14-21(22(18)19)25(3,4)23(24)20(17)11-16/h5-9,11-15H,10H2,1-4H3/i10D2. The Morgan fingerprint density at radius 2 is 1.89 bits per heavy atom. The fraction of sp³-hybridized carbons (Fsp3) is 0.280. The molecule has 0 spiro atoms. The lowest BCUT2D eigenvalue weighted by molar-refractivity contribution is 0.642. The van der Waals surface area contributed by atoms with E-state index in [1.54, 1.807) is 0 Å². The molecule has 1 aliphatic carbocycles. The summed E-state index contributed by atoms with van der Waals surface area (Å²) < 4.78 is 17.2. The normalized spacial score (nSPS) is 16.3. The van der Waals surface area contributed by atoms with Crippen molar-refractivity contribution in [3.05, 3.63) is 71.7 Å². The third-order valence-electron chi connectivity index (χ3n) is 5.68. The molecule has 0 amide bonds. The van der Waals surface area contributed by atoms with Gasteiger partial charge in [-0.25, -0.2) is 0 Å². The van der Waals surface area contributed by atoms with E-state index >= 15 is 0 Å². The predicted octanol–water partition coefficient (Wildman–Crippen LogP) is 6.29. The molecule has 134 valence electrons. The van der Waals surface area contributed by atoms with Crippen molar-refractivity contribution in [3.63, 3.8) is 0 Å². The molecule has 2 aromatic carbocycles. The number of aromatic nitrogens is 2. The van der Waals surface area contributed by atoms with Crippen LogP contribution in [-0.4, -0.2) is 9.97 Å². The fourth-order valence-corrected chi connectivity index (χ4v) is 4.51. The lowest BCUT2D eigenvalue weighted by Crippen LogP contribution is -2.25. The van der Waals surface area contributed by atoms with Crippen LogP contribution in [0.15, 0.2) is 55.0 Å². The van der Waals surface area contributed by atoms with Gasteiger partial charge in [-0.3, -0.25) is 9.97 Å². The molecule has 0 bridgehead atoms. The van der Waals surface area contributed by atoms with Crippen molar-refractivity contribution in [1.82, 2.24) is 9.97 Å². The molecular formula is C25H24N2. The number of pyridine rings is 2. The Hall–Kier alpha value is -2.74. The van der Waals surface area contributed by atoms with Gasteiger partial charge in [0.1, 0.15) is 0 Å². The average Bonchev–Trinajstić information content (AvgIpc) is 2.70. The maximum atomic E-state index is 8.59. The number of rotatable bonds is 2. The van der Waals surface area contributed by atoms with Gasteiger partial charge in [0.2, 0.25) is 0 Å². The second-order valence-electron chi connectivity index (χ2n) is 8.30. The Bertz CT molecular complexity index is 1280.